The van der Waals surface area contributed by atoms with Crippen LogP contribution in [0.1, 0.15) is 79.8 Å². The molecule has 0 radical (unpaired) electrons. The molecule has 11 heteroatoms. The van der Waals surface area contributed by atoms with Crippen LogP contribution in [-0.2, 0) is 19.1 Å². The summed E-state index contributed by atoms with van der Waals surface area (Å²) in [5.74, 6) is 0.318. The molecule has 6 N–H and O–H groups in total. The number of ether oxygens (including phenoxy) is 2. The van der Waals surface area contributed by atoms with Crippen molar-refractivity contribution < 1.29 is 23.9 Å². The molecule has 0 spiro atoms. The zero-order valence-corrected chi connectivity index (χ0v) is 21.6. The third kappa shape index (κ3) is 7.31. The van der Waals surface area contributed by atoms with Crippen molar-refractivity contribution in [2.24, 2.45) is 0 Å². The minimum Gasteiger partial charge on any atom is -0.466 e. The molecule has 2 heterocycles. The zero-order chi connectivity index (χ0) is 26.9. The Morgan fingerprint density at radius 3 is 2.46 bits per heavy atom. The normalized spacial score (nSPS) is 15.7. The van der Waals surface area contributed by atoms with Crippen LogP contribution < -0.4 is 22.1 Å². The van der Waals surface area contributed by atoms with Gasteiger partial charge in [0, 0.05) is 30.0 Å². The Morgan fingerprint density at radius 2 is 1.78 bits per heavy atom. The van der Waals surface area contributed by atoms with E-state index in [0.29, 0.717) is 17.2 Å². The molecule has 2 unspecified atom stereocenters. The lowest BCUT2D eigenvalue weighted by Gasteiger charge is -2.18. The summed E-state index contributed by atoms with van der Waals surface area (Å²) in [7, 11) is 0. The molecule has 0 aliphatic carbocycles. The molecule has 1 aromatic carbocycles. The number of anilines is 3. The number of nitrogens with zero attached hydrogens (tertiary/aromatic N) is 2. The first kappa shape index (κ1) is 27.7. The summed E-state index contributed by atoms with van der Waals surface area (Å²) in [6.07, 6.45) is 1.89. The number of nitrogens with one attached hydrogen (secondary N) is 2. The van der Waals surface area contributed by atoms with Crippen molar-refractivity contribution >= 4 is 35.4 Å². The SMILES string of the molecule is CCOC(=O)CC[C@H](NC(=O)c1ccc(C(C)CCC2CNc3nc(N)nc(N)c32)cc1)C(=O)OCC. The highest BCUT2D eigenvalue weighted by atomic mass is 16.5. The van der Waals surface area contributed by atoms with Crippen LogP contribution >= 0.6 is 0 Å². The van der Waals surface area contributed by atoms with Gasteiger partial charge in [0.25, 0.3) is 5.91 Å². The topological polar surface area (TPSA) is 172 Å². The standard InChI is InChI=1S/C26H36N6O5/c1-4-36-20(33)13-12-19(25(35)37-5-2)30-24(34)17-10-8-16(9-11-17)15(3)6-7-18-14-29-23-21(18)22(27)31-26(28)32-23/h8-11,15,18-19H,4-7,12-14H2,1-3H3,(H,30,34)(H5,27,28,29,31,32)/t15?,18?,19-/m0/s1. The highest BCUT2D eigenvalue weighted by Crippen LogP contribution is 2.38. The predicted octanol–water partition coefficient (Wildman–Crippen LogP) is 2.74. The molecule has 200 valence electrons. The third-order valence-electron chi connectivity index (χ3n) is 6.43. The molecular weight excluding hydrogens is 476 g/mol. The van der Waals surface area contributed by atoms with E-state index in [1.165, 1.54) is 0 Å². The van der Waals surface area contributed by atoms with Crippen molar-refractivity contribution in [1.82, 2.24) is 15.3 Å². The van der Waals surface area contributed by atoms with Crippen LogP contribution in [0.3, 0.4) is 0 Å². The number of hydrogen-bond acceptors (Lipinski definition) is 10. The molecule has 37 heavy (non-hydrogen) atoms. The van der Waals surface area contributed by atoms with Gasteiger partial charge in [-0.15, -0.1) is 0 Å². The number of nitrogens with two attached hydrogens (primary N) is 2. The summed E-state index contributed by atoms with van der Waals surface area (Å²) in [6.45, 7) is 6.69. The van der Waals surface area contributed by atoms with E-state index < -0.39 is 23.9 Å². The van der Waals surface area contributed by atoms with Crippen molar-refractivity contribution in [2.75, 3.05) is 36.5 Å². The molecule has 2 aromatic rings. The third-order valence-corrected chi connectivity index (χ3v) is 6.43. The molecule has 0 saturated carbocycles. The van der Waals surface area contributed by atoms with Gasteiger partial charge in [0.05, 0.1) is 13.2 Å². The Labute approximate surface area is 216 Å². The van der Waals surface area contributed by atoms with Crippen molar-refractivity contribution in [3.63, 3.8) is 0 Å². The molecule has 1 amide bonds. The second kappa shape index (κ2) is 12.9. The van der Waals surface area contributed by atoms with Crippen molar-refractivity contribution in [3.8, 4) is 0 Å². The number of carbonyl (C=O) groups excluding carboxylic acids is 3. The number of rotatable bonds is 12. The van der Waals surface area contributed by atoms with Crippen LogP contribution in [0.4, 0.5) is 17.6 Å². The number of nitrogen functional groups attached to an aromatic ring is 2. The van der Waals surface area contributed by atoms with Crippen molar-refractivity contribution in [1.29, 1.82) is 0 Å². The Balaban J connectivity index is 1.57. The highest BCUT2D eigenvalue weighted by molar-refractivity contribution is 5.96. The van der Waals surface area contributed by atoms with Crippen LogP contribution in [0.2, 0.25) is 0 Å². The molecule has 1 aliphatic rings. The summed E-state index contributed by atoms with van der Waals surface area (Å²) in [4.78, 5) is 45.1. The van der Waals surface area contributed by atoms with Gasteiger partial charge in [0.1, 0.15) is 17.7 Å². The average molecular weight is 513 g/mol. The summed E-state index contributed by atoms with van der Waals surface area (Å²) < 4.78 is 9.97. The van der Waals surface area contributed by atoms with E-state index in [-0.39, 0.29) is 43.8 Å². The quantitative estimate of drug-likeness (QED) is 0.310. The Kier molecular flexibility index (Phi) is 9.64. The summed E-state index contributed by atoms with van der Waals surface area (Å²) in [5.41, 5.74) is 14.2. The first-order valence-corrected chi connectivity index (χ1v) is 12.6. The number of benzene rings is 1. The Morgan fingerprint density at radius 1 is 1.08 bits per heavy atom. The van der Waals surface area contributed by atoms with Gasteiger partial charge in [-0.1, -0.05) is 19.1 Å². The lowest BCUT2D eigenvalue weighted by Crippen LogP contribution is -2.42. The highest BCUT2D eigenvalue weighted by Gasteiger charge is 2.28. The maximum absolute atomic E-state index is 12.8. The van der Waals surface area contributed by atoms with Crippen molar-refractivity contribution in [2.45, 2.75) is 64.3 Å². The molecule has 0 saturated heterocycles. The van der Waals surface area contributed by atoms with Crippen LogP contribution in [-0.4, -0.2) is 53.6 Å². The van der Waals surface area contributed by atoms with Gasteiger partial charge in [-0.2, -0.15) is 9.97 Å². The largest absolute Gasteiger partial charge is 0.466 e. The second-order valence-electron chi connectivity index (χ2n) is 9.03. The van der Waals surface area contributed by atoms with Crippen molar-refractivity contribution in [3.05, 3.63) is 41.0 Å². The maximum Gasteiger partial charge on any atom is 0.328 e. The average Bonchev–Trinajstić information content (AvgIpc) is 3.28. The van der Waals surface area contributed by atoms with Gasteiger partial charge < -0.3 is 31.6 Å². The zero-order valence-electron chi connectivity index (χ0n) is 21.6. The van der Waals surface area contributed by atoms with Gasteiger partial charge in [0.15, 0.2) is 0 Å². The molecule has 11 nitrogen and oxygen atoms in total. The van der Waals surface area contributed by atoms with E-state index in [1.54, 1.807) is 26.0 Å². The molecule has 1 aromatic heterocycles. The van der Waals surface area contributed by atoms with Gasteiger partial charge in [0.2, 0.25) is 5.95 Å². The van der Waals surface area contributed by atoms with E-state index in [4.69, 9.17) is 20.9 Å². The second-order valence-corrected chi connectivity index (χ2v) is 9.03. The molecule has 3 rings (SSSR count). The van der Waals surface area contributed by atoms with E-state index in [0.717, 1.165) is 30.5 Å². The van der Waals surface area contributed by atoms with Crippen LogP contribution in [0.15, 0.2) is 24.3 Å². The molecule has 0 bridgehead atoms. The Hall–Kier alpha value is -3.89. The lowest BCUT2D eigenvalue weighted by atomic mass is 9.89. The van der Waals surface area contributed by atoms with Gasteiger partial charge in [-0.25, -0.2) is 4.79 Å². The first-order valence-electron chi connectivity index (χ1n) is 12.6. The maximum atomic E-state index is 12.8. The molecule has 3 atom stereocenters. The van der Waals surface area contributed by atoms with E-state index in [9.17, 15) is 14.4 Å². The number of amides is 1. The summed E-state index contributed by atoms with van der Waals surface area (Å²) in [6, 6.07) is 6.35. The predicted molar refractivity (Wildman–Crippen MR) is 140 cm³/mol. The molecule has 1 aliphatic heterocycles. The summed E-state index contributed by atoms with van der Waals surface area (Å²) >= 11 is 0. The fourth-order valence-electron chi connectivity index (χ4n) is 4.42. The minimum atomic E-state index is -0.940. The molecule has 0 fully saturated rings. The number of aromatic nitrogens is 2. The van der Waals surface area contributed by atoms with Gasteiger partial charge in [-0.3, -0.25) is 9.59 Å². The fourth-order valence-corrected chi connectivity index (χ4v) is 4.42. The number of esters is 2. The number of hydrogen-bond donors (Lipinski definition) is 4. The monoisotopic (exact) mass is 512 g/mol. The Bertz CT molecular complexity index is 1110. The van der Waals surface area contributed by atoms with Gasteiger partial charge in [-0.05, 0) is 56.7 Å². The summed E-state index contributed by atoms with van der Waals surface area (Å²) in [5, 5.41) is 5.94. The van der Waals surface area contributed by atoms with E-state index in [1.807, 2.05) is 12.1 Å². The van der Waals surface area contributed by atoms with Gasteiger partial charge >= 0.3 is 11.9 Å². The lowest BCUT2D eigenvalue weighted by molar-refractivity contribution is -0.146. The number of carbonyl (C=O) groups is 3. The smallest absolute Gasteiger partial charge is 0.328 e. The van der Waals surface area contributed by atoms with Crippen LogP contribution in [0.5, 0.6) is 0 Å². The number of fused-ring (bicyclic) bond motifs is 1. The van der Waals surface area contributed by atoms with Crippen LogP contribution in [0, 0.1) is 0 Å². The first-order chi connectivity index (χ1) is 17.7. The van der Waals surface area contributed by atoms with E-state index in [2.05, 4.69) is 27.5 Å². The van der Waals surface area contributed by atoms with Crippen LogP contribution in [0.25, 0.3) is 0 Å². The fraction of sp³-hybridized carbons (Fsp3) is 0.500. The van der Waals surface area contributed by atoms with E-state index >= 15 is 0 Å². The minimum absolute atomic E-state index is 0.000200. The molecular formula is C26H36N6O5.